The van der Waals surface area contributed by atoms with Crippen LogP contribution in [0.5, 0.6) is 5.75 Å². The molecule has 0 unspecified atom stereocenters. The highest BCUT2D eigenvalue weighted by atomic mass is 16.4. The fraction of sp³-hybridized carbons (Fsp3) is 0.441. The number of nitrogens with two attached hydrogens (primary N) is 1. The number of benzene rings is 2. The van der Waals surface area contributed by atoms with Gasteiger partial charge in [-0.25, -0.2) is 0 Å². The maximum absolute atomic E-state index is 14.2. The van der Waals surface area contributed by atoms with E-state index in [2.05, 4.69) is 5.32 Å². The Morgan fingerprint density at radius 3 is 2.31 bits per heavy atom. The summed E-state index contributed by atoms with van der Waals surface area (Å²) in [7, 11) is 2.95. The molecule has 2 aromatic carbocycles. The zero-order valence-corrected chi connectivity index (χ0v) is 26.0. The van der Waals surface area contributed by atoms with Crippen LogP contribution in [0.3, 0.4) is 0 Å². The number of fused-ring (bicyclic) bond motifs is 3. The number of anilines is 1. The number of hydrogen-bond donors (Lipinski definition) is 7. The summed E-state index contributed by atoms with van der Waals surface area (Å²) < 4.78 is 0. The normalized spacial score (nSPS) is 28.1. The molecule has 1 saturated carbocycles. The minimum atomic E-state index is -2.94. The maximum Gasteiger partial charge on any atom is 0.255 e. The van der Waals surface area contributed by atoms with Gasteiger partial charge in [0, 0.05) is 29.3 Å². The van der Waals surface area contributed by atoms with Crippen molar-refractivity contribution in [2.24, 2.45) is 17.6 Å². The summed E-state index contributed by atoms with van der Waals surface area (Å²) in [6, 6.07) is 11.9. The lowest BCUT2D eigenvalue weighted by atomic mass is 9.54. The van der Waals surface area contributed by atoms with Crippen LogP contribution in [0.2, 0.25) is 0 Å². The highest BCUT2D eigenvalue weighted by Crippen LogP contribution is 2.57. The molecule has 1 fully saturated rings. The van der Waals surface area contributed by atoms with E-state index in [0.29, 0.717) is 24.1 Å². The molecule has 0 aromatic heterocycles. The zero-order valence-electron chi connectivity index (χ0n) is 26.0. The van der Waals surface area contributed by atoms with E-state index in [9.17, 15) is 39.9 Å². The van der Waals surface area contributed by atoms with Crippen LogP contribution < -0.4 is 11.1 Å². The monoisotopic (exact) mass is 619 g/mol. The van der Waals surface area contributed by atoms with Crippen molar-refractivity contribution in [2.45, 2.75) is 62.7 Å². The van der Waals surface area contributed by atoms with Gasteiger partial charge in [0.15, 0.2) is 11.4 Å². The summed E-state index contributed by atoms with van der Waals surface area (Å²) in [4.78, 5) is 41.1. The Balaban J connectivity index is 1.57. The fourth-order valence-electron chi connectivity index (χ4n) is 7.62. The number of amides is 1. The second-order valence-electron chi connectivity index (χ2n) is 13.3. The van der Waals surface area contributed by atoms with E-state index in [0.717, 1.165) is 12.1 Å². The number of nitrogens with zero attached hydrogens (tertiary/aromatic N) is 1. The summed E-state index contributed by atoms with van der Waals surface area (Å²) in [5.74, 6) is -8.93. The average Bonchev–Trinajstić information content (AvgIpc) is 2.97. The predicted octanol–water partition coefficient (Wildman–Crippen LogP) is 2.67. The van der Waals surface area contributed by atoms with Crippen molar-refractivity contribution in [3.63, 3.8) is 0 Å². The van der Waals surface area contributed by atoms with E-state index in [1.165, 1.54) is 19.0 Å². The third-order valence-electron chi connectivity index (χ3n) is 9.94. The van der Waals surface area contributed by atoms with Gasteiger partial charge in [-0.1, -0.05) is 51.1 Å². The van der Waals surface area contributed by atoms with Gasteiger partial charge in [0.25, 0.3) is 5.91 Å². The lowest BCUT2D eigenvalue weighted by Crippen LogP contribution is -2.70. The van der Waals surface area contributed by atoms with Gasteiger partial charge >= 0.3 is 0 Å². The molecule has 3 aliphatic carbocycles. The first-order valence-electron chi connectivity index (χ1n) is 15.1. The Bertz CT molecular complexity index is 1630. The molecule has 3 aliphatic rings. The van der Waals surface area contributed by atoms with Gasteiger partial charge in [0.1, 0.15) is 22.8 Å². The Kier molecular flexibility index (Phi) is 8.10. The number of nitrogens with one attached hydrogen (secondary N) is 1. The van der Waals surface area contributed by atoms with E-state index < -0.39 is 81.1 Å². The number of aromatic hydroxyl groups is 1. The van der Waals surface area contributed by atoms with Crippen LogP contribution in [-0.4, -0.2) is 86.3 Å². The summed E-state index contributed by atoms with van der Waals surface area (Å²) in [6.07, 6.45) is -0.193. The standard InChI is InChI=1S/C34H41N3O8/c1-16-18-12-13-19(33(2,3)14-9-15-36-17-10-7-6-8-11-17)26(38)21(18)27(39)22-20(16)28(40)24-25(37(4)5)29(41)23(32(35)44)31(43)34(24,45)30(22)42/h6-8,10-13,16,20,24-25,28,36,38-40,43,45H,9,14-15H2,1-5H3,(H2,35,44)/t16-,20+,24+,25-,28-,34-/m1/s1. The number of hydrogen-bond acceptors (Lipinski definition) is 10. The van der Waals surface area contributed by atoms with E-state index >= 15 is 0 Å². The lowest BCUT2D eigenvalue weighted by molar-refractivity contribution is -0.169. The molecule has 0 spiro atoms. The summed E-state index contributed by atoms with van der Waals surface area (Å²) in [5.41, 5.74) is 2.56. The molecule has 8 N–H and O–H groups in total. The van der Waals surface area contributed by atoms with Crippen molar-refractivity contribution in [3.05, 3.63) is 76.1 Å². The third-order valence-corrected chi connectivity index (χ3v) is 9.94. The number of Topliss-reactive ketones (excluding diaryl/α,β-unsaturated/α-hetero) is 2. The minimum absolute atomic E-state index is 0.000949. The van der Waals surface area contributed by atoms with Crippen LogP contribution in [0.15, 0.2) is 59.4 Å². The minimum Gasteiger partial charge on any atom is -0.508 e. The summed E-state index contributed by atoms with van der Waals surface area (Å²) >= 11 is 0. The van der Waals surface area contributed by atoms with Crippen molar-refractivity contribution in [3.8, 4) is 5.75 Å². The molecule has 2 aromatic rings. The molecule has 0 radical (unpaired) electrons. The first-order chi connectivity index (χ1) is 21.1. The smallest absolute Gasteiger partial charge is 0.255 e. The molecule has 0 bridgehead atoms. The number of para-hydroxylation sites is 1. The number of carbonyl (C=O) groups excluding carboxylic acids is 3. The first-order valence-corrected chi connectivity index (χ1v) is 15.1. The second kappa shape index (κ2) is 11.3. The van der Waals surface area contributed by atoms with Crippen LogP contribution in [0.1, 0.15) is 56.2 Å². The number of aliphatic hydroxyl groups is 4. The molecular formula is C34H41N3O8. The number of aliphatic hydroxyl groups excluding tert-OH is 3. The average molecular weight is 620 g/mol. The third kappa shape index (κ3) is 4.81. The molecule has 5 rings (SSSR count). The molecule has 1 amide bonds. The Hall–Kier alpha value is -4.19. The fourth-order valence-corrected chi connectivity index (χ4v) is 7.62. The highest BCUT2D eigenvalue weighted by molar-refractivity contribution is 6.24. The number of carbonyl (C=O) groups is 3. The molecule has 11 heteroatoms. The maximum atomic E-state index is 14.2. The molecule has 45 heavy (non-hydrogen) atoms. The molecule has 0 heterocycles. The number of ketones is 2. The Morgan fingerprint density at radius 1 is 1.07 bits per heavy atom. The van der Waals surface area contributed by atoms with Gasteiger partial charge in [0.05, 0.1) is 23.6 Å². The van der Waals surface area contributed by atoms with Gasteiger partial charge in [-0.3, -0.25) is 19.3 Å². The van der Waals surface area contributed by atoms with Crippen molar-refractivity contribution in [1.82, 2.24) is 4.90 Å². The van der Waals surface area contributed by atoms with E-state index in [1.54, 1.807) is 19.1 Å². The van der Waals surface area contributed by atoms with Gasteiger partial charge in [0.2, 0.25) is 5.78 Å². The van der Waals surface area contributed by atoms with Gasteiger partial charge in [-0.2, -0.15) is 0 Å². The lowest BCUT2D eigenvalue weighted by Gasteiger charge is -2.53. The molecule has 11 nitrogen and oxygen atoms in total. The van der Waals surface area contributed by atoms with Crippen LogP contribution >= 0.6 is 0 Å². The van der Waals surface area contributed by atoms with Crippen molar-refractivity contribution in [2.75, 3.05) is 26.0 Å². The van der Waals surface area contributed by atoms with Crippen LogP contribution in [-0.2, 0) is 19.8 Å². The van der Waals surface area contributed by atoms with Gasteiger partial charge in [-0.15, -0.1) is 0 Å². The van der Waals surface area contributed by atoms with Crippen LogP contribution in [0.25, 0.3) is 5.76 Å². The van der Waals surface area contributed by atoms with E-state index in [4.69, 9.17) is 5.73 Å². The van der Waals surface area contributed by atoms with Crippen molar-refractivity contribution < 1.29 is 39.9 Å². The molecule has 240 valence electrons. The molecule has 6 atom stereocenters. The van der Waals surface area contributed by atoms with E-state index in [1.807, 2.05) is 44.2 Å². The Labute approximate surface area is 261 Å². The highest BCUT2D eigenvalue weighted by Gasteiger charge is 2.68. The van der Waals surface area contributed by atoms with Crippen molar-refractivity contribution in [1.29, 1.82) is 0 Å². The SMILES string of the molecule is C[C@@H]1c2ccc(C(C)(C)CCCNc3ccccc3)c(O)c2C(O)=C2C(=O)[C@@]3(O)C(O)=C(C(N)=O)C(=O)[C@H](N(C)C)[C@H]3[C@H](O)[C@H]21. The van der Waals surface area contributed by atoms with Gasteiger partial charge in [-0.05, 0) is 56.0 Å². The molecule has 0 saturated heterocycles. The zero-order chi connectivity index (χ0) is 33.2. The van der Waals surface area contributed by atoms with Crippen molar-refractivity contribution >= 4 is 28.9 Å². The predicted molar refractivity (Wildman–Crippen MR) is 168 cm³/mol. The molecule has 0 aliphatic heterocycles. The Morgan fingerprint density at radius 2 is 1.71 bits per heavy atom. The molecular weight excluding hydrogens is 578 g/mol. The van der Waals surface area contributed by atoms with Gasteiger partial charge < -0.3 is 36.6 Å². The summed E-state index contributed by atoms with van der Waals surface area (Å²) in [6.45, 7) is 6.34. The number of phenols is 1. The van der Waals surface area contributed by atoms with Crippen LogP contribution in [0.4, 0.5) is 5.69 Å². The second-order valence-corrected chi connectivity index (χ2v) is 13.3. The van der Waals surface area contributed by atoms with E-state index in [-0.39, 0.29) is 11.3 Å². The number of rotatable bonds is 8. The van der Waals surface area contributed by atoms with Crippen LogP contribution in [0, 0.1) is 11.8 Å². The number of primary amides is 1. The number of phenolic OH excluding ortho intramolecular Hbond substituents is 1. The number of likely N-dealkylation sites (N-methyl/N-ethyl adjacent to an activating group) is 1. The first kappa shape index (κ1) is 32.2. The largest absolute Gasteiger partial charge is 0.508 e. The quantitative estimate of drug-likeness (QED) is 0.171. The summed E-state index contributed by atoms with van der Waals surface area (Å²) in [5, 5.41) is 61.4. The topological polar surface area (TPSA) is 194 Å².